The van der Waals surface area contributed by atoms with Crippen LogP contribution in [0.1, 0.15) is 13.8 Å². The molecule has 0 fully saturated rings. The zero-order valence-corrected chi connectivity index (χ0v) is 11.1. The Bertz CT molecular complexity index is 370. The number of amides is 1. The van der Waals surface area contributed by atoms with Gasteiger partial charge in [-0.25, -0.2) is 0 Å². The van der Waals surface area contributed by atoms with Crippen LogP contribution in [0.25, 0.3) is 0 Å². The molecule has 0 unspecified atom stereocenters. The number of nitrogens with zero attached hydrogens (tertiary/aromatic N) is 1. The van der Waals surface area contributed by atoms with Gasteiger partial charge in [0, 0.05) is 22.7 Å². The molecule has 0 heterocycles. The lowest BCUT2D eigenvalue weighted by Crippen LogP contribution is -2.29. The molecular weight excluding hydrogens is 301 g/mol. The van der Waals surface area contributed by atoms with Crippen molar-refractivity contribution >= 4 is 34.2 Å². The van der Waals surface area contributed by atoms with Gasteiger partial charge in [-0.2, -0.15) is 0 Å². The van der Waals surface area contributed by atoms with E-state index in [1.807, 2.05) is 31.2 Å². The molecule has 0 spiro atoms. The van der Waals surface area contributed by atoms with Crippen LogP contribution in [0.3, 0.4) is 0 Å². The van der Waals surface area contributed by atoms with Gasteiger partial charge in [0.1, 0.15) is 0 Å². The summed E-state index contributed by atoms with van der Waals surface area (Å²) in [5.41, 5.74) is 1.90. The van der Waals surface area contributed by atoms with E-state index in [4.69, 9.17) is 0 Å². The Kier molecular flexibility index (Phi) is 4.32. The molecule has 0 bridgehead atoms. The number of anilines is 1. The van der Waals surface area contributed by atoms with Crippen LogP contribution in [0.5, 0.6) is 0 Å². The molecule has 0 aliphatic rings. The second-order valence-electron chi connectivity index (χ2n) is 3.54. The SMILES string of the molecule is C=C(C)CN(C(C)=O)c1ccc(I)cc1. The van der Waals surface area contributed by atoms with Crippen LogP contribution in [0.15, 0.2) is 36.4 Å². The topological polar surface area (TPSA) is 20.3 Å². The Hall–Kier alpha value is -0.840. The monoisotopic (exact) mass is 315 g/mol. The van der Waals surface area contributed by atoms with E-state index in [2.05, 4.69) is 29.2 Å². The maximum Gasteiger partial charge on any atom is 0.224 e. The van der Waals surface area contributed by atoms with Gasteiger partial charge >= 0.3 is 0 Å². The van der Waals surface area contributed by atoms with E-state index in [0.29, 0.717) is 6.54 Å². The van der Waals surface area contributed by atoms with E-state index < -0.39 is 0 Å². The van der Waals surface area contributed by atoms with Crippen molar-refractivity contribution in [2.24, 2.45) is 0 Å². The number of rotatable bonds is 3. The van der Waals surface area contributed by atoms with Crippen molar-refractivity contribution in [2.45, 2.75) is 13.8 Å². The van der Waals surface area contributed by atoms with Crippen molar-refractivity contribution in [1.29, 1.82) is 0 Å². The number of carbonyl (C=O) groups is 1. The average Bonchev–Trinajstić information content (AvgIpc) is 2.15. The Morgan fingerprint density at radius 1 is 1.33 bits per heavy atom. The fourth-order valence-electron chi connectivity index (χ4n) is 1.28. The molecule has 0 aromatic heterocycles. The van der Waals surface area contributed by atoms with Gasteiger partial charge in [0.2, 0.25) is 5.91 Å². The fraction of sp³-hybridized carbons (Fsp3) is 0.250. The summed E-state index contributed by atoms with van der Waals surface area (Å²) < 4.78 is 1.16. The fourth-order valence-corrected chi connectivity index (χ4v) is 1.63. The molecule has 1 rings (SSSR count). The first-order chi connectivity index (χ1) is 7.00. The van der Waals surface area contributed by atoms with Crippen LogP contribution in [-0.4, -0.2) is 12.5 Å². The summed E-state index contributed by atoms with van der Waals surface area (Å²) in [4.78, 5) is 13.2. The zero-order valence-electron chi connectivity index (χ0n) is 8.96. The van der Waals surface area contributed by atoms with Crippen molar-refractivity contribution in [1.82, 2.24) is 0 Å². The Morgan fingerprint density at radius 2 is 1.87 bits per heavy atom. The van der Waals surface area contributed by atoms with E-state index in [1.54, 1.807) is 11.8 Å². The molecule has 0 radical (unpaired) electrons. The largest absolute Gasteiger partial charge is 0.309 e. The lowest BCUT2D eigenvalue weighted by Gasteiger charge is -2.21. The molecule has 0 aliphatic carbocycles. The average molecular weight is 315 g/mol. The molecule has 1 aromatic rings. The number of hydrogen-bond donors (Lipinski definition) is 0. The van der Waals surface area contributed by atoms with Gasteiger partial charge < -0.3 is 4.90 Å². The minimum absolute atomic E-state index is 0.0409. The predicted octanol–water partition coefficient (Wildman–Crippen LogP) is 3.22. The van der Waals surface area contributed by atoms with Crippen LogP contribution in [0.4, 0.5) is 5.69 Å². The molecule has 0 N–H and O–H groups in total. The molecule has 0 aliphatic heterocycles. The minimum atomic E-state index is 0.0409. The highest BCUT2D eigenvalue weighted by atomic mass is 127. The molecule has 80 valence electrons. The van der Waals surface area contributed by atoms with Gasteiger partial charge in [-0.3, -0.25) is 4.79 Å². The first kappa shape index (κ1) is 12.2. The van der Waals surface area contributed by atoms with Gasteiger partial charge in [-0.15, -0.1) is 0 Å². The number of carbonyl (C=O) groups excluding carboxylic acids is 1. The third kappa shape index (κ3) is 3.66. The highest BCUT2D eigenvalue weighted by Gasteiger charge is 2.10. The second kappa shape index (κ2) is 5.30. The number of hydrogen-bond acceptors (Lipinski definition) is 1. The highest BCUT2D eigenvalue weighted by molar-refractivity contribution is 14.1. The summed E-state index contributed by atoms with van der Waals surface area (Å²) in [5, 5.41) is 0. The smallest absolute Gasteiger partial charge is 0.224 e. The Morgan fingerprint density at radius 3 is 2.27 bits per heavy atom. The van der Waals surface area contributed by atoms with Crippen LogP contribution in [0.2, 0.25) is 0 Å². The molecule has 0 saturated heterocycles. The summed E-state index contributed by atoms with van der Waals surface area (Å²) in [5.74, 6) is 0.0409. The van der Waals surface area contributed by atoms with E-state index in [-0.39, 0.29) is 5.91 Å². The van der Waals surface area contributed by atoms with Gasteiger partial charge in [-0.05, 0) is 53.8 Å². The van der Waals surface area contributed by atoms with Gasteiger partial charge in [-0.1, -0.05) is 12.2 Å². The van der Waals surface area contributed by atoms with Crippen molar-refractivity contribution in [3.8, 4) is 0 Å². The molecule has 1 amide bonds. The minimum Gasteiger partial charge on any atom is -0.309 e. The Labute approximate surface area is 104 Å². The van der Waals surface area contributed by atoms with E-state index in [1.165, 1.54) is 0 Å². The number of benzene rings is 1. The molecule has 0 saturated carbocycles. The first-order valence-electron chi connectivity index (χ1n) is 4.69. The molecule has 0 atom stereocenters. The van der Waals surface area contributed by atoms with Crippen molar-refractivity contribution in [3.05, 3.63) is 40.0 Å². The van der Waals surface area contributed by atoms with Crippen LogP contribution in [0, 0.1) is 3.57 Å². The third-order valence-corrected chi connectivity index (χ3v) is 2.67. The summed E-state index contributed by atoms with van der Waals surface area (Å²) in [6.07, 6.45) is 0. The third-order valence-electron chi connectivity index (χ3n) is 1.95. The zero-order chi connectivity index (χ0) is 11.4. The number of halogens is 1. The first-order valence-corrected chi connectivity index (χ1v) is 5.76. The van der Waals surface area contributed by atoms with Crippen molar-refractivity contribution in [2.75, 3.05) is 11.4 Å². The summed E-state index contributed by atoms with van der Waals surface area (Å²) in [6, 6.07) is 7.88. The van der Waals surface area contributed by atoms with Gasteiger partial charge in [0.15, 0.2) is 0 Å². The van der Waals surface area contributed by atoms with Crippen LogP contribution < -0.4 is 4.90 Å². The molecule has 15 heavy (non-hydrogen) atoms. The lowest BCUT2D eigenvalue weighted by atomic mass is 10.2. The van der Waals surface area contributed by atoms with Crippen LogP contribution >= 0.6 is 22.6 Å². The maximum absolute atomic E-state index is 11.4. The Balaban J connectivity index is 2.94. The van der Waals surface area contributed by atoms with E-state index >= 15 is 0 Å². The normalized spacial score (nSPS) is 9.80. The van der Waals surface area contributed by atoms with Crippen molar-refractivity contribution in [3.63, 3.8) is 0 Å². The maximum atomic E-state index is 11.4. The summed E-state index contributed by atoms with van der Waals surface area (Å²) in [7, 11) is 0. The molecule has 1 aromatic carbocycles. The highest BCUT2D eigenvalue weighted by Crippen LogP contribution is 2.17. The predicted molar refractivity (Wildman–Crippen MR) is 72.0 cm³/mol. The van der Waals surface area contributed by atoms with Crippen molar-refractivity contribution < 1.29 is 4.79 Å². The van der Waals surface area contributed by atoms with Crippen LogP contribution in [-0.2, 0) is 4.79 Å². The molecule has 2 nitrogen and oxygen atoms in total. The summed E-state index contributed by atoms with van der Waals surface area (Å²) in [6.45, 7) is 7.89. The summed E-state index contributed by atoms with van der Waals surface area (Å²) >= 11 is 2.24. The van der Waals surface area contributed by atoms with Gasteiger partial charge in [0.25, 0.3) is 0 Å². The molecule has 3 heteroatoms. The second-order valence-corrected chi connectivity index (χ2v) is 4.78. The van der Waals surface area contributed by atoms with E-state index in [9.17, 15) is 4.79 Å². The van der Waals surface area contributed by atoms with E-state index in [0.717, 1.165) is 14.8 Å². The standard InChI is InChI=1S/C12H14INO/c1-9(2)8-14(10(3)15)12-6-4-11(13)5-7-12/h4-7H,1,8H2,2-3H3. The quantitative estimate of drug-likeness (QED) is 0.619. The molecular formula is C12H14INO. The lowest BCUT2D eigenvalue weighted by molar-refractivity contribution is -0.116. The van der Waals surface area contributed by atoms with Gasteiger partial charge in [0.05, 0.1) is 0 Å².